The second-order valence-corrected chi connectivity index (χ2v) is 9.78. The summed E-state index contributed by atoms with van der Waals surface area (Å²) in [5.74, 6) is 0.371. The minimum Gasteiger partial charge on any atom is -0.356 e. The molecular formula is C26H20ClN5O2S. The third kappa shape index (κ3) is 5.34. The molecule has 9 heteroatoms. The molecule has 0 unspecified atom stereocenters. The number of benzene rings is 4. The van der Waals surface area contributed by atoms with Crippen LogP contribution in [0.5, 0.6) is 0 Å². The fraction of sp³-hybridized carbons (Fsp3) is 0. The first kappa shape index (κ1) is 22.6. The van der Waals surface area contributed by atoms with Crippen molar-refractivity contribution >= 4 is 61.4 Å². The minimum atomic E-state index is -3.92. The topological polar surface area (TPSA) is 96.0 Å². The Kier molecular flexibility index (Phi) is 6.22. The molecule has 0 aliphatic rings. The lowest BCUT2D eigenvalue weighted by atomic mass is 10.2. The molecule has 0 spiro atoms. The van der Waals surface area contributed by atoms with Crippen LogP contribution in [0.4, 0.5) is 28.7 Å². The van der Waals surface area contributed by atoms with Gasteiger partial charge in [0.15, 0.2) is 11.6 Å². The van der Waals surface area contributed by atoms with Gasteiger partial charge in [0.2, 0.25) is 0 Å². The van der Waals surface area contributed by atoms with E-state index in [4.69, 9.17) is 11.6 Å². The van der Waals surface area contributed by atoms with Crippen LogP contribution in [0.15, 0.2) is 108 Å². The van der Waals surface area contributed by atoms with Gasteiger partial charge in [0.25, 0.3) is 10.0 Å². The van der Waals surface area contributed by atoms with Crippen molar-refractivity contribution in [2.24, 2.45) is 0 Å². The van der Waals surface area contributed by atoms with Crippen LogP contribution in [0.2, 0.25) is 5.02 Å². The molecule has 1 heterocycles. The van der Waals surface area contributed by atoms with Crippen molar-refractivity contribution in [2.45, 2.75) is 4.90 Å². The number of anilines is 5. The molecule has 0 aliphatic carbocycles. The molecule has 0 bridgehead atoms. The fourth-order valence-electron chi connectivity index (χ4n) is 3.42. The molecule has 0 radical (unpaired) electrons. The molecule has 0 atom stereocenters. The number of hydrogen-bond acceptors (Lipinski definition) is 6. The van der Waals surface area contributed by atoms with Crippen LogP contribution < -0.4 is 15.4 Å². The van der Waals surface area contributed by atoms with Crippen molar-refractivity contribution in [3.05, 3.63) is 108 Å². The average molecular weight is 502 g/mol. The molecule has 35 heavy (non-hydrogen) atoms. The fourth-order valence-corrected chi connectivity index (χ4v) is 4.56. The molecule has 0 saturated heterocycles. The quantitative estimate of drug-likeness (QED) is 0.233. The van der Waals surface area contributed by atoms with Gasteiger partial charge in [-0.3, -0.25) is 4.72 Å². The Morgan fingerprint density at radius 2 is 1.09 bits per heavy atom. The van der Waals surface area contributed by atoms with Gasteiger partial charge in [-0.25, -0.2) is 18.4 Å². The van der Waals surface area contributed by atoms with E-state index in [1.807, 2.05) is 72.8 Å². The van der Waals surface area contributed by atoms with Gasteiger partial charge < -0.3 is 10.6 Å². The molecule has 5 rings (SSSR count). The summed E-state index contributed by atoms with van der Waals surface area (Å²) in [6.45, 7) is 0. The summed E-state index contributed by atoms with van der Waals surface area (Å²) in [5, 5.41) is 6.96. The average Bonchev–Trinajstić information content (AvgIpc) is 2.86. The lowest BCUT2D eigenvalue weighted by Crippen LogP contribution is -2.16. The minimum absolute atomic E-state index is 0.0687. The van der Waals surface area contributed by atoms with Crippen molar-refractivity contribution < 1.29 is 8.42 Å². The Morgan fingerprint density at radius 3 is 1.71 bits per heavy atom. The summed E-state index contributed by atoms with van der Waals surface area (Å²) in [4.78, 5) is 9.20. The predicted octanol–water partition coefficient (Wildman–Crippen LogP) is 6.57. The highest BCUT2D eigenvalue weighted by molar-refractivity contribution is 7.92. The number of rotatable bonds is 7. The molecule has 5 aromatic rings. The summed E-state index contributed by atoms with van der Waals surface area (Å²) in [6, 6.07) is 30.6. The number of para-hydroxylation sites is 3. The van der Waals surface area contributed by atoms with Crippen LogP contribution in [0.25, 0.3) is 11.0 Å². The van der Waals surface area contributed by atoms with E-state index >= 15 is 0 Å². The first-order valence-corrected chi connectivity index (χ1v) is 12.6. The summed E-state index contributed by atoms with van der Waals surface area (Å²) in [7, 11) is -3.92. The van der Waals surface area contributed by atoms with Crippen LogP contribution in [0.3, 0.4) is 0 Å². The van der Waals surface area contributed by atoms with Gasteiger partial charge in [0, 0.05) is 22.1 Å². The normalized spacial score (nSPS) is 11.2. The number of nitrogens with one attached hydrogen (secondary N) is 3. The molecule has 174 valence electrons. The van der Waals surface area contributed by atoms with Gasteiger partial charge in [-0.05, 0) is 72.8 Å². The van der Waals surface area contributed by atoms with E-state index in [1.54, 1.807) is 6.07 Å². The van der Waals surface area contributed by atoms with Gasteiger partial charge in [-0.1, -0.05) is 41.9 Å². The number of nitrogens with zero attached hydrogens (tertiary/aromatic N) is 2. The lowest BCUT2D eigenvalue weighted by Gasteiger charge is -2.14. The zero-order valence-corrected chi connectivity index (χ0v) is 19.9. The summed E-state index contributed by atoms with van der Waals surface area (Å²) in [5.41, 5.74) is 3.81. The smallest absolute Gasteiger partial charge is 0.263 e. The van der Waals surface area contributed by atoms with E-state index in [1.165, 1.54) is 24.3 Å². The van der Waals surface area contributed by atoms with E-state index in [9.17, 15) is 8.42 Å². The molecule has 0 saturated carbocycles. The van der Waals surface area contributed by atoms with E-state index in [-0.39, 0.29) is 16.5 Å². The van der Waals surface area contributed by atoms with E-state index in [0.717, 1.165) is 17.1 Å². The van der Waals surface area contributed by atoms with Crippen molar-refractivity contribution in [3.63, 3.8) is 0 Å². The third-order valence-corrected chi connectivity index (χ3v) is 6.74. The maximum absolute atomic E-state index is 13.0. The van der Waals surface area contributed by atoms with E-state index in [0.29, 0.717) is 16.1 Å². The van der Waals surface area contributed by atoms with Crippen LogP contribution in [0.1, 0.15) is 0 Å². The highest BCUT2D eigenvalue weighted by Gasteiger charge is 2.19. The molecule has 3 N–H and O–H groups in total. The largest absolute Gasteiger partial charge is 0.356 e. The van der Waals surface area contributed by atoms with Gasteiger partial charge in [0.05, 0.1) is 15.9 Å². The van der Waals surface area contributed by atoms with Crippen LogP contribution in [-0.2, 0) is 10.0 Å². The highest BCUT2D eigenvalue weighted by Crippen LogP contribution is 2.28. The molecular weight excluding hydrogens is 482 g/mol. The number of halogens is 1. The highest BCUT2D eigenvalue weighted by atomic mass is 35.5. The third-order valence-electron chi connectivity index (χ3n) is 5.14. The standard InChI is InChI=1S/C26H20ClN5O2S/c27-18-10-16-22(17-11-18)35(33,34)32-26-25(30-23-8-4-5-9-24(23)31-26)29-21-14-12-20(13-15-21)28-19-6-2-1-3-7-19/h1-17,28H,(H,29,30)(H,31,32). The second-order valence-electron chi connectivity index (χ2n) is 7.66. The van der Waals surface area contributed by atoms with Crippen LogP contribution in [0, 0.1) is 0 Å². The van der Waals surface area contributed by atoms with Crippen molar-refractivity contribution in [1.82, 2.24) is 9.97 Å². The first-order chi connectivity index (χ1) is 17.0. The number of hydrogen-bond donors (Lipinski definition) is 3. The van der Waals surface area contributed by atoms with Crippen LogP contribution in [-0.4, -0.2) is 18.4 Å². The predicted molar refractivity (Wildman–Crippen MR) is 141 cm³/mol. The Morgan fingerprint density at radius 1 is 0.571 bits per heavy atom. The molecule has 1 aromatic heterocycles. The Labute approximate surface area is 207 Å². The maximum atomic E-state index is 13.0. The molecule has 0 fully saturated rings. The summed E-state index contributed by atoms with van der Waals surface area (Å²) >= 11 is 5.91. The van der Waals surface area contributed by atoms with Crippen LogP contribution >= 0.6 is 11.6 Å². The zero-order valence-electron chi connectivity index (χ0n) is 18.3. The lowest BCUT2D eigenvalue weighted by molar-refractivity contribution is 0.601. The number of sulfonamides is 1. The van der Waals surface area contributed by atoms with Gasteiger partial charge in [-0.15, -0.1) is 0 Å². The number of aromatic nitrogens is 2. The molecule has 4 aromatic carbocycles. The number of fused-ring (bicyclic) bond motifs is 1. The van der Waals surface area contributed by atoms with Crippen molar-refractivity contribution in [2.75, 3.05) is 15.4 Å². The summed E-state index contributed by atoms with van der Waals surface area (Å²) < 4.78 is 28.6. The second kappa shape index (κ2) is 9.61. The monoisotopic (exact) mass is 501 g/mol. The van der Waals surface area contributed by atoms with Gasteiger partial charge in [-0.2, -0.15) is 0 Å². The molecule has 7 nitrogen and oxygen atoms in total. The Bertz CT molecular complexity index is 1580. The Balaban J connectivity index is 1.45. The van der Waals surface area contributed by atoms with Crippen molar-refractivity contribution in [1.29, 1.82) is 0 Å². The van der Waals surface area contributed by atoms with Crippen molar-refractivity contribution in [3.8, 4) is 0 Å². The maximum Gasteiger partial charge on any atom is 0.263 e. The SMILES string of the molecule is O=S(=O)(Nc1nc2ccccc2nc1Nc1ccc(Nc2ccccc2)cc1)c1ccc(Cl)cc1. The first-order valence-electron chi connectivity index (χ1n) is 10.7. The Hall–Kier alpha value is -4.14. The zero-order chi connectivity index (χ0) is 24.3. The molecule has 0 amide bonds. The van der Waals surface area contributed by atoms with Gasteiger partial charge in [0.1, 0.15) is 0 Å². The van der Waals surface area contributed by atoms with E-state index < -0.39 is 10.0 Å². The van der Waals surface area contributed by atoms with Gasteiger partial charge >= 0.3 is 0 Å². The van der Waals surface area contributed by atoms with E-state index in [2.05, 4.69) is 25.3 Å². The summed E-state index contributed by atoms with van der Waals surface area (Å²) in [6.07, 6.45) is 0. The molecule has 0 aliphatic heterocycles.